The van der Waals surface area contributed by atoms with Crippen molar-refractivity contribution in [2.45, 2.75) is 19.8 Å². The number of amides is 1. The first-order valence-electron chi connectivity index (χ1n) is 6.97. The third-order valence-corrected chi connectivity index (χ3v) is 4.16. The number of halogens is 1. The summed E-state index contributed by atoms with van der Waals surface area (Å²) in [5.41, 5.74) is 0.538. The van der Waals surface area contributed by atoms with Gasteiger partial charge in [0.25, 0.3) is 5.91 Å². The molecule has 1 aliphatic rings. The number of benzene rings is 1. The second-order valence-corrected chi connectivity index (χ2v) is 5.86. The quantitative estimate of drug-likeness (QED) is 0.901. The molecular formula is C15H18BrNO4. The van der Waals surface area contributed by atoms with E-state index in [0.29, 0.717) is 30.9 Å². The Morgan fingerprint density at radius 2 is 2.24 bits per heavy atom. The minimum atomic E-state index is -0.833. The Labute approximate surface area is 132 Å². The Bertz CT molecular complexity index is 546. The Kier molecular flexibility index (Phi) is 5.22. The molecule has 1 fully saturated rings. The smallest absolute Gasteiger partial charge is 0.308 e. The van der Waals surface area contributed by atoms with E-state index in [0.717, 1.165) is 10.9 Å². The van der Waals surface area contributed by atoms with Crippen molar-refractivity contribution in [3.63, 3.8) is 0 Å². The molecule has 1 aromatic rings. The van der Waals surface area contributed by atoms with E-state index in [2.05, 4.69) is 15.9 Å². The first-order chi connectivity index (χ1) is 10.0. The third kappa shape index (κ3) is 3.75. The predicted molar refractivity (Wildman–Crippen MR) is 81.6 cm³/mol. The number of carboxylic acids is 1. The lowest BCUT2D eigenvalue weighted by Gasteiger charge is -2.30. The van der Waals surface area contributed by atoms with Gasteiger partial charge in [-0.15, -0.1) is 0 Å². The normalized spacial score (nSPS) is 18.4. The second-order valence-electron chi connectivity index (χ2n) is 5.01. The largest absolute Gasteiger partial charge is 0.493 e. The van der Waals surface area contributed by atoms with Crippen molar-refractivity contribution < 1.29 is 19.4 Å². The lowest BCUT2D eigenvalue weighted by Crippen LogP contribution is -2.42. The molecule has 21 heavy (non-hydrogen) atoms. The summed E-state index contributed by atoms with van der Waals surface area (Å²) in [5.74, 6) is -0.741. The molecular weight excluding hydrogens is 338 g/mol. The van der Waals surface area contributed by atoms with E-state index in [1.54, 1.807) is 23.1 Å². The maximum Gasteiger partial charge on any atom is 0.308 e. The van der Waals surface area contributed by atoms with Gasteiger partial charge in [0.1, 0.15) is 5.75 Å². The van der Waals surface area contributed by atoms with Crippen LogP contribution in [-0.4, -0.2) is 41.6 Å². The summed E-state index contributed by atoms with van der Waals surface area (Å²) >= 11 is 3.39. The van der Waals surface area contributed by atoms with Crippen molar-refractivity contribution in [2.75, 3.05) is 19.7 Å². The van der Waals surface area contributed by atoms with Gasteiger partial charge >= 0.3 is 5.97 Å². The summed E-state index contributed by atoms with van der Waals surface area (Å²) in [6, 6.07) is 5.18. The molecule has 6 heteroatoms. The molecule has 1 aromatic carbocycles. The number of aliphatic carboxylic acids is 1. The van der Waals surface area contributed by atoms with Crippen LogP contribution in [0.2, 0.25) is 0 Å². The van der Waals surface area contributed by atoms with Gasteiger partial charge in [0.2, 0.25) is 0 Å². The van der Waals surface area contributed by atoms with E-state index in [1.807, 2.05) is 6.92 Å². The van der Waals surface area contributed by atoms with Crippen molar-refractivity contribution in [3.05, 3.63) is 28.2 Å². The maximum absolute atomic E-state index is 12.5. The van der Waals surface area contributed by atoms with E-state index in [-0.39, 0.29) is 12.5 Å². The van der Waals surface area contributed by atoms with Gasteiger partial charge in [0.15, 0.2) is 0 Å². The number of carboxylic acid groups (broad SMARTS) is 1. The highest BCUT2D eigenvalue weighted by atomic mass is 79.9. The number of carbonyl (C=O) groups is 2. The molecule has 2 rings (SSSR count). The molecule has 1 amide bonds. The average molecular weight is 356 g/mol. The van der Waals surface area contributed by atoms with Crippen LogP contribution in [0.3, 0.4) is 0 Å². The van der Waals surface area contributed by atoms with Crippen LogP contribution in [0.4, 0.5) is 0 Å². The standard InChI is InChI=1S/C15H18BrNO4/c1-2-21-13-6-5-10(8-12(13)16)14(18)17-7-3-4-11(9-17)15(19)20/h5-6,8,11H,2-4,7,9H2,1H3,(H,19,20). The Morgan fingerprint density at radius 3 is 2.86 bits per heavy atom. The fourth-order valence-corrected chi connectivity index (χ4v) is 2.95. The minimum Gasteiger partial charge on any atom is -0.493 e. The van der Waals surface area contributed by atoms with Gasteiger partial charge in [0, 0.05) is 18.7 Å². The molecule has 1 atom stereocenters. The zero-order valence-electron chi connectivity index (χ0n) is 11.8. The van der Waals surface area contributed by atoms with Crippen LogP contribution < -0.4 is 4.74 Å². The maximum atomic E-state index is 12.5. The number of rotatable bonds is 4. The zero-order valence-corrected chi connectivity index (χ0v) is 13.4. The Morgan fingerprint density at radius 1 is 1.48 bits per heavy atom. The number of nitrogens with zero attached hydrogens (tertiary/aromatic N) is 1. The van der Waals surface area contributed by atoms with E-state index in [1.165, 1.54) is 0 Å². The number of carbonyl (C=O) groups excluding carboxylic acids is 1. The van der Waals surface area contributed by atoms with Crippen LogP contribution in [0.5, 0.6) is 5.75 Å². The van der Waals surface area contributed by atoms with Crippen molar-refractivity contribution in [2.24, 2.45) is 5.92 Å². The topological polar surface area (TPSA) is 66.8 Å². The summed E-state index contributed by atoms with van der Waals surface area (Å²) in [7, 11) is 0. The highest BCUT2D eigenvalue weighted by molar-refractivity contribution is 9.10. The van der Waals surface area contributed by atoms with Gasteiger partial charge in [-0.05, 0) is 53.9 Å². The summed E-state index contributed by atoms with van der Waals surface area (Å²) in [4.78, 5) is 25.1. The molecule has 0 aliphatic carbocycles. The lowest BCUT2D eigenvalue weighted by molar-refractivity contribution is -0.143. The molecule has 1 heterocycles. The van der Waals surface area contributed by atoms with Crippen LogP contribution >= 0.6 is 15.9 Å². The van der Waals surface area contributed by atoms with E-state index < -0.39 is 11.9 Å². The van der Waals surface area contributed by atoms with Crippen LogP contribution in [0, 0.1) is 5.92 Å². The van der Waals surface area contributed by atoms with Gasteiger partial charge < -0.3 is 14.7 Å². The molecule has 114 valence electrons. The van der Waals surface area contributed by atoms with E-state index >= 15 is 0 Å². The van der Waals surface area contributed by atoms with Gasteiger partial charge in [-0.1, -0.05) is 0 Å². The molecule has 5 nitrogen and oxygen atoms in total. The van der Waals surface area contributed by atoms with Crippen molar-refractivity contribution in [1.82, 2.24) is 4.90 Å². The fourth-order valence-electron chi connectivity index (χ4n) is 2.45. The molecule has 0 bridgehead atoms. The summed E-state index contributed by atoms with van der Waals surface area (Å²) in [6.07, 6.45) is 1.35. The SMILES string of the molecule is CCOc1ccc(C(=O)N2CCCC(C(=O)O)C2)cc1Br. The highest BCUT2D eigenvalue weighted by Crippen LogP contribution is 2.27. The number of hydrogen-bond acceptors (Lipinski definition) is 3. The molecule has 1 aliphatic heterocycles. The molecule has 1 saturated heterocycles. The van der Waals surface area contributed by atoms with E-state index in [9.17, 15) is 9.59 Å². The van der Waals surface area contributed by atoms with Crippen LogP contribution in [-0.2, 0) is 4.79 Å². The van der Waals surface area contributed by atoms with Gasteiger partial charge in [0.05, 0.1) is 17.0 Å². The number of hydrogen-bond donors (Lipinski definition) is 1. The molecule has 1 unspecified atom stereocenters. The molecule has 0 radical (unpaired) electrons. The molecule has 0 saturated carbocycles. The average Bonchev–Trinajstić information content (AvgIpc) is 2.49. The van der Waals surface area contributed by atoms with Crippen molar-refractivity contribution in [1.29, 1.82) is 0 Å². The van der Waals surface area contributed by atoms with Crippen molar-refractivity contribution >= 4 is 27.8 Å². The summed E-state index contributed by atoms with van der Waals surface area (Å²) < 4.78 is 6.14. The van der Waals surface area contributed by atoms with Gasteiger partial charge in [-0.3, -0.25) is 9.59 Å². The number of ether oxygens (including phenoxy) is 1. The monoisotopic (exact) mass is 355 g/mol. The van der Waals surface area contributed by atoms with Gasteiger partial charge in [-0.25, -0.2) is 0 Å². The second kappa shape index (κ2) is 6.93. The van der Waals surface area contributed by atoms with Crippen LogP contribution in [0.15, 0.2) is 22.7 Å². The number of piperidine rings is 1. The zero-order chi connectivity index (χ0) is 15.4. The van der Waals surface area contributed by atoms with Crippen LogP contribution in [0.25, 0.3) is 0 Å². The lowest BCUT2D eigenvalue weighted by atomic mass is 9.97. The predicted octanol–water partition coefficient (Wildman–Crippen LogP) is 2.78. The summed E-state index contributed by atoms with van der Waals surface area (Å²) in [5, 5.41) is 9.09. The third-order valence-electron chi connectivity index (χ3n) is 3.54. The summed E-state index contributed by atoms with van der Waals surface area (Å²) in [6.45, 7) is 3.33. The number of likely N-dealkylation sites (tertiary alicyclic amines) is 1. The van der Waals surface area contributed by atoms with E-state index in [4.69, 9.17) is 9.84 Å². The van der Waals surface area contributed by atoms with Crippen LogP contribution in [0.1, 0.15) is 30.1 Å². The van der Waals surface area contributed by atoms with Gasteiger partial charge in [-0.2, -0.15) is 0 Å². The molecule has 1 N–H and O–H groups in total. The molecule has 0 spiro atoms. The first kappa shape index (κ1) is 15.8. The van der Waals surface area contributed by atoms with Crippen molar-refractivity contribution in [3.8, 4) is 5.75 Å². The Balaban J connectivity index is 2.12. The minimum absolute atomic E-state index is 0.135. The first-order valence-corrected chi connectivity index (χ1v) is 7.76. The molecule has 0 aromatic heterocycles. The Hall–Kier alpha value is -1.56. The highest BCUT2D eigenvalue weighted by Gasteiger charge is 2.28. The fraction of sp³-hybridized carbons (Fsp3) is 0.467.